The number of aliphatic hydroxyl groups excluding tert-OH is 1. The monoisotopic (exact) mass is 216 g/mol. The van der Waals surface area contributed by atoms with Crippen LogP contribution >= 0.6 is 0 Å². The minimum absolute atomic E-state index is 0.351. The third kappa shape index (κ3) is 2.82. The van der Waals surface area contributed by atoms with Gasteiger partial charge in [0.1, 0.15) is 0 Å². The lowest BCUT2D eigenvalue weighted by Crippen LogP contribution is -2.61. The Labute approximate surface area is 90.1 Å². The summed E-state index contributed by atoms with van der Waals surface area (Å²) in [4.78, 5) is 12.5. The van der Waals surface area contributed by atoms with Crippen molar-refractivity contribution in [3.8, 4) is 0 Å². The Balaban J connectivity index is 2.83. The highest BCUT2D eigenvalue weighted by atomic mass is 16.4. The molecule has 3 N–H and O–H groups in total. The van der Waals surface area contributed by atoms with Crippen molar-refractivity contribution in [3.63, 3.8) is 0 Å². The number of hydrogen-bond acceptors (Lipinski definition) is 3. The largest absolute Gasteiger partial charge is 0.465 e. The van der Waals surface area contributed by atoms with Crippen molar-refractivity contribution >= 4 is 6.09 Å². The van der Waals surface area contributed by atoms with Crippen molar-refractivity contribution in [1.82, 2.24) is 10.2 Å². The average molecular weight is 216 g/mol. The van der Waals surface area contributed by atoms with Crippen LogP contribution in [-0.4, -0.2) is 52.0 Å². The lowest BCUT2D eigenvalue weighted by atomic mass is 9.96. The number of carboxylic acid groups (broad SMARTS) is 1. The molecule has 0 saturated carbocycles. The summed E-state index contributed by atoms with van der Waals surface area (Å²) in [6.45, 7) is 6.77. The maximum absolute atomic E-state index is 11.2. The first kappa shape index (κ1) is 12.3. The summed E-state index contributed by atoms with van der Waals surface area (Å²) < 4.78 is 0. The topological polar surface area (TPSA) is 72.8 Å². The SMILES string of the molecule is CC(C)(C)N(C(=O)O)[C@H]1CNCC[C@@H]1O. The van der Waals surface area contributed by atoms with Crippen molar-refractivity contribution in [3.05, 3.63) is 0 Å². The fourth-order valence-corrected chi connectivity index (χ4v) is 2.02. The van der Waals surface area contributed by atoms with Gasteiger partial charge >= 0.3 is 6.09 Å². The number of hydrogen-bond donors (Lipinski definition) is 3. The molecule has 0 aromatic carbocycles. The van der Waals surface area contributed by atoms with E-state index in [4.69, 9.17) is 5.11 Å². The van der Waals surface area contributed by atoms with E-state index in [0.717, 1.165) is 6.54 Å². The Morgan fingerprint density at radius 1 is 1.47 bits per heavy atom. The number of amides is 1. The molecule has 0 bridgehead atoms. The summed E-state index contributed by atoms with van der Waals surface area (Å²) in [5, 5.41) is 22.1. The highest BCUT2D eigenvalue weighted by Gasteiger charge is 2.38. The average Bonchev–Trinajstić information content (AvgIpc) is 2.05. The number of rotatable bonds is 1. The van der Waals surface area contributed by atoms with Crippen LogP contribution < -0.4 is 5.32 Å². The lowest BCUT2D eigenvalue weighted by Gasteiger charge is -2.43. The molecule has 0 radical (unpaired) electrons. The third-order valence-corrected chi connectivity index (χ3v) is 2.67. The van der Waals surface area contributed by atoms with Gasteiger partial charge in [-0.2, -0.15) is 0 Å². The van der Waals surface area contributed by atoms with E-state index in [1.807, 2.05) is 20.8 Å². The summed E-state index contributed by atoms with van der Waals surface area (Å²) in [6.07, 6.45) is -0.943. The second kappa shape index (κ2) is 4.37. The second-order valence-corrected chi connectivity index (χ2v) is 4.95. The Kier molecular flexibility index (Phi) is 3.57. The number of nitrogens with zero attached hydrogens (tertiary/aromatic N) is 1. The van der Waals surface area contributed by atoms with Crippen LogP contribution in [0.4, 0.5) is 4.79 Å². The molecule has 0 spiro atoms. The first-order valence-electron chi connectivity index (χ1n) is 5.25. The first-order chi connectivity index (χ1) is 6.84. The smallest absolute Gasteiger partial charge is 0.408 e. The summed E-state index contributed by atoms with van der Waals surface area (Å²) >= 11 is 0. The van der Waals surface area contributed by atoms with Gasteiger partial charge in [-0.15, -0.1) is 0 Å². The molecule has 0 unspecified atom stereocenters. The van der Waals surface area contributed by atoms with Crippen molar-refractivity contribution in [2.45, 2.75) is 44.9 Å². The van der Waals surface area contributed by atoms with Gasteiger partial charge in [0.05, 0.1) is 12.1 Å². The predicted molar refractivity (Wildman–Crippen MR) is 56.9 cm³/mol. The van der Waals surface area contributed by atoms with E-state index in [0.29, 0.717) is 13.0 Å². The van der Waals surface area contributed by atoms with Crippen LogP contribution in [0.15, 0.2) is 0 Å². The quantitative estimate of drug-likeness (QED) is 0.596. The van der Waals surface area contributed by atoms with Gasteiger partial charge in [-0.3, -0.25) is 4.90 Å². The second-order valence-electron chi connectivity index (χ2n) is 4.95. The molecule has 5 nitrogen and oxygen atoms in total. The maximum atomic E-state index is 11.2. The van der Waals surface area contributed by atoms with Gasteiger partial charge in [-0.1, -0.05) is 0 Å². The van der Waals surface area contributed by atoms with E-state index in [1.165, 1.54) is 4.90 Å². The number of piperidine rings is 1. The molecule has 15 heavy (non-hydrogen) atoms. The molecular formula is C10H20N2O3. The van der Waals surface area contributed by atoms with Gasteiger partial charge in [0.2, 0.25) is 0 Å². The Morgan fingerprint density at radius 3 is 2.47 bits per heavy atom. The minimum atomic E-state index is -0.977. The van der Waals surface area contributed by atoms with Crippen LogP contribution in [0.5, 0.6) is 0 Å². The first-order valence-corrected chi connectivity index (χ1v) is 5.25. The summed E-state index contributed by atoms with van der Waals surface area (Å²) in [7, 11) is 0. The van der Waals surface area contributed by atoms with Crippen molar-refractivity contribution in [2.24, 2.45) is 0 Å². The van der Waals surface area contributed by atoms with Crippen molar-refractivity contribution in [2.75, 3.05) is 13.1 Å². The van der Waals surface area contributed by atoms with Crippen molar-refractivity contribution < 1.29 is 15.0 Å². The van der Waals surface area contributed by atoms with Gasteiger partial charge in [0, 0.05) is 12.1 Å². The van der Waals surface area contributed by atoms with Crippen LogP contribution in [0.3, 0.4) is 0 Å². The Bertz CT molecular complexity index is 237. The molecule has 88 valence electrons. The highest BCUT2D eigenvalue weighted by molar-refractivity contribution is 5.66. The molecular weight excluding hydrogens is 196 g/mol. The summed E-state index contributed by atoms with van der Waals surface area (Å²) in [5.74, 6) is 0. The molecule has 1 aliphatic heterocycles. The van der Waals surface area contributed by atoms with Crippen molar-refractivity contribution in [1.29, 1.82) is 0 Å². The van der Waals surface area contributed by atoms with Gasteiger partial charge in [0.25, 0.3) is 0 Å². The van der Waals surface area contributed by atoms with E-state index in [2.05, 4.69) is 5.32 Å². The number of carbonyl (C=O) groups is 1. The number of nitrogens with one attached hydrogen (secondary N) is 1. The minimum Gasteiger partial charge on any atom is -0.465 e. The van der Waals surface area contributed by atoms with Crippen LogP contribution in [0, 0.1) is 0 Å². The molecule has 1 amide bonds. The van der Waals surface area contributed by atoms with Gasteiger partial charge < -0.3 is 15.5 Å². The van der Waals surface area contributed by atoms with E-state index in [-0.39, 0.29) is 6.04 Å². The van der Waals surface area contributed by atoms with E-state index < -0.39 is 17.7 Å². The molecule has 0 aromatic rings. The van der Waals surface area contributed by atoms with Crippen LogP contribution in [0.25, 0.3) is 0 Å². The number of aliphatic hydroxyl groups is 1. The molecule has 1 fully saturated rings. The van der Waals surface area contributed by atoms with Crippen LogP contribution in [-0.2, 0) is 0 Å². The molecule has 5 heteroatoms. The van der Waals surface area contributed by atoms with Gasteiger partial charge in [-0.25, -0.2) is 4.79 Å². The molecule has 1 rings (SSSR count). The molecule has 2 atom stereocenters. The van der Waals surface area contributed by atoms with Gasteiger partial charge in [-0.05, 0) is 33.7 Å². The Hall–Kier alpha value is -0.810. The fraction of sp³-hybridized carbons (Fsp3) is 0.900. The molecule has 0 aliphatic carbocycles. The van der Waals surface area contributed by atoms with Crippen LogP contribution in [0.2, 0.25) is 0 Å². The standard InChI is InChI=1S/C10H20N2O3/c1-10(2,3)12(9(14)15)7-6-11-5-4-8(7)13/h7-8,11,13H,4-6H2,1-3H3,(H,14,15)/t7-,8-/m0/s1. The fourth-order valence-electron chi connectivity index (χ4n) is 2.02. The summed E-state index contributed by atoms with van der Waals surface area (Å²) in [5.41, 5.74) is -0.490. The highest BCUT2D eigenvalue weighted by Crippen LogP contribution is 2.21. The Morgan fingerprint density at radius 2 is 2.07 bits per heavy atom. The summed E-state index contributed by atoms with van der Waals surface area (Å²) in [6, 6.07) is -0.351. The molecule has 1 heterocycles. The maximum Gasteiger partial charge on any atom is 0.408 e. The van der Waals surface area contributed by atoms with E-state index in [1.54, 1.807) is 0 Å². The molecule has 1 saturated heterocycles. The van der Waals surface area contributed by atoms with Crippen LogP contribution in [0.1, 0.15) is 27.2 Å². The predicted octanol–water partition coefficient (Wildman–Crippen LogP) is 0.488. The van der Waals surface area contributed by atoms with E-state index in [9.17, 15) is 9.90 Å². The lowest BCUT2D eigenvalue weighted by molar-refractivity contribution is -0.00581. The normalized spacial score (nSPS) is 27.5. The molecule has 0 aromatic heterocycles. The molecule has 1 aliphatic rings. The zero-order valence-corrected chi connectivity index (χ0v) is 9.53. The zero-order valence-electron chi connectivity index (χ0n) is 9.53. The third-order valence-electron chi connectivity index (χ3n) is 2.67. The van der Waals surface area contributed by atoms with E-state index >= 15 is 0 Å². The zero-order chi connectivity index (χ0) is 11.6. The van der Waals surface area contributed by atoms with Gasteiger partial charge in [0.15, 0.2) is 0 Å².